The fourth-order valence-electron chi connectivity index (χ4n) is 4.00. The van der Waals surface area contributed by atoms with Crippen LogP contribution in [0.25, 0.3) is 0 Å². The first-order valence-corrected chi connectivity index (χ1v) is 11.0. The Morgan fingerprint density at radius 1 is 0.935 bits per heavy atom. The Balaban J connectivity index is 1.20. The maximum Gasteiger partial charge on any atom is 0.238 e. The van der Waals surface area contributed by atoms with Crippen molar-refractivity contribution in [1.82, 2.24) is 15.1 Å². The van der Waals surface area contributed by atoms with Crippen molar-refractivity contribution in [3.05, 3.63) is 59.1 Å². The van der Waals surface area contributed by atoms with Gasteiger partial charge < -0.3 is 15.4 Å². The first kappa shape index (κ1) is 21.6. The van der Waals surface area contributed by atoms with Crippen molar-refractivity contribution in [2.24, 2.45) is 0 Å². The molecule has 2 aliphatic heterocycles. The Morgan fingerprint density at radius 2 is 1.58 bits per heavy atom. The highest BCUT2D eigenvalue weighted by atomic mass is 35.5. The lowest BCUT2D eigenvalue weighted by Crippen LogP contribution is -2.51. The van der Waals surface area contributed by atoms with E-state index in [1.54, 1.807) is 12.1 Å². The third-order valence-corrected chi connectivity index (χ3v) is 5.97. The van der Waals surface area contributed by atoms with Crippen molar-refractivity contribution in [1.29, 1.82) is 0 Å². The van der Waals surface area contributed by atoms with E-state index in [1.165, 1.54) is 0 Å². The van der Waals surface area contributed by atoms with E-state index < -0.39 is 0 Å². The van der Waals surface area contributed by atoms with Crippen molar-refractivity contribution >= 4 is 29.1 Å². The number of carbonyl (C=O) groups excluding carboxylic acids is 2. The van der Waals surface area contributed by atoms with E-state index in [1.807, 2.05) is 36.4 Å². The zero-order chi connectivity index (χ0) is 21.6. The van der Waals surface area contributed by atoms with Crippen LogP contribution in [0.2, 0.25) is 5.02 Å². The second-order valence-electron chi connectivity index (χ2n) is 7.88. The number of nitrogens with zero attached hydrogens (tertiary/aromatic N) is 2. The van der Waals surface area contributed by atoms with E-state index in [9.17, 15) is 9.59 Å². The molecule has 1 fully saturated rings. The molecule has 1 atom stereocenters. The maximum absolute atomic E-state index is 12.6. The summed E-state index contributed by atoms with van der Waals surface area (Å²) in [6, 6.07) is 15.0. The fraction of sp³-hybridized carbons (Fsp3) is 0.391. The highest BCUT2D eigenvalue weighted by Crippen LogP contribution is 2.31. The highest BCUT2D eigenvalue weighted by molar-refractivity contribution is 6.33. The van der Waals surface area contributed by atoms with Crippen LogP contribution in [0.5, 0.6) is 5.75 Å². The number of fused-ring (bicyclic) bond motifs is 1. The van der Waals surface area contributed by atoms with Crippen LogP contribution in [0.3, 0.4) is 0 Å². The number of nitrogens with one attached hydrogen (secondary N) is 2. The molecular formula is C23H27ClN4O3. The van der Waals surface area contributed by atoms with Gasteiger partial charge in [-0.2, -0.15) is 0 Å². The number of amides is 2. The number of hydrogen-bond donors (Lipinski definition) is 2. The molecular weight excluding hydrogens is 416 g/mol. The number of rotatable bonds is 6. The minimum Gasteiger partial charge on any atom is -0.493 e. The summed E-state index contributed by atoms with van der Waals surface area (Å²) >= 11 is 6.10. The predicted octanol–water partition coefficient (Wildman–Crippen LogP) is 2.54. The quantitative estimate of drug-likeness (QED) is 0.719. The lowest BCUT2D eigenvalue weighted by molar-refractivity contribution is -0.124. The van der Waals surface area contributed by atoms with Crippen molar-refractivity contribution < 1.29 is 14.3 Å². The summed E-state index contributed by atoms with van der Waals surface area (Å²) in [6.07, 6.45) is 0.775. The van der Waals surface area contributed by atoms with Crippen molar-refractivity contribution in [3.63, 3.8) is 0 Å². The highest BCUT2D eigenvalue weighted by Gasteiger charge is 2.25. The summed E-state index contributed by atoms with van der Waals surface area (Å²) in [5, 5.41) is 6.53. The second kappa shape index (κ2) is 10.1. The van der Waals surface area contributed by atoms with E-state index in [0.717, 1.165) is 43.9 Å². The first-order valence-electron chi connectivity index (χ1n) is 10.6. The number of carbonyl (C=O) groups is 2. The predicted molar refractivity (Wildman–Crippen MR) is 120 cm³/mol. The summed E-state index contributed by atoms with van der Waals surface area (Å²) < 4.78 is 5.67. The molecule has 0 bridgehead atoms. The lowest BCUT2D eigenvalue weighted by atomic mass is 10.0. The molecule has 2 aliphatic rings. The van der Waals surface area contributed by atoms with Gasteiger partial charge in [0.05, 0.1) is 36.4 Å². The number of hydrogen-bond acceptors (Lipinski definition) is 5. The molecule has 2 aromatic carbocycles. The minimum atomic E-state index is -0.0857. The van der Waals surface area contributed by atoms with Gasteiger partial charge in [0.1, 0.15) is 5.75 Å². The van der Waals surface area contributed by atoms with Crippen LogP contribution in [0.1, 0.15) is 18.0 Å². The number of halogens is 1. The number of piperazine rings is 1. The van der Waals surface area contributed by atoms with Crippen molar-refractivity contribution in [3.8, 4) is 5.75 Å². The monoisotopic (exact) mass is 442 g/mol. The summed E-state index contributed by atoms with van der Waals surface area (Å²) in [7, 11) is 0. The average molecular weight is 443 g/mol. The molecule has 164 valence electrons. The summed E-state index contributed by atoms with van der Waals surface area (Å²) in [5.74, 6) is 0.784. The Bertz CT molecular complexity index is 931. The molecule has 2 amide bonds. The van der Waals surface area contributed by atoms with Gasteiger partial charge in [-0.05, 0) is 18.2 Å². The molecule has 7 nitrogen and oxygen atoms in total. The zero-order valence-corrected chi connectivity index (χ0v) is 18.1. The van der Waals surface area contributed by atoms with Gasteiger partial charge in [0.2, 0.25) is 11.8 Å². The van der Waals surface area contributed by atoms with Gasteiger partial charge in [0, 0.05) is 38.2 Å². The molecule has 2 aromatic rings. The standard InChI is InChI=1S/C23H27ClN4O3/c24-18-6-2-3-7-20(18)26-23(30)16-28-12-10-27(11-13-28)15-22(29)25-19-9-14-31-21-8-4-1-5-17(19)21/h1-8,19H,9-16H2,(H,25,29)(H,26,30). The van der Waals surface area contributed by atoms with E-state index in [4.69, 9.17) is 16.3 Å². The van der Waals surface area contributed by atoms with E-state index in [0.29, 0.717) is 30.4 Å². The number of ether oxygens (including phenoxy) is 1. The van der Waals surface area contributed by atoms with Crippen LogP contribution in [-0.4, -0.2) is 67.5 Å². The summed E-state index contributed by atoms with van der Waals surface area (Å²) in [6.45, 7) is 4.25. The van der Waals surface area contributed by atoms with Gasteiger partial charge in [0.15, 0.2) is 0 Å². The topological polar surface area (TPSA) is 73.9 Å². The fourth-order valence-corrected chi connectivity index (χ4v) is 4.18. The molecule has 0 aromatic heterocycles. The molecule has 31 heavy (non-hydrogen) atoms. The van der Waals surface area contributed by atoms with Crippen LogP contribution >= 0.6 is 11.6 Å². The normalized spacial score (nSPS) is 19.2. The molecule has 0 radical (unpaired) electrons. The molecule has 1 unspecified atom stereocenters. The molecule has 8 heteroatoms. The van der Waals surface area contributed by atoms with Crippen molar-refractivity contribution in [2.45, 2.75) is 12.5 Å². The molecule has 2 N–H and O–H groups in total. The second-order valence-corrected chi connectivity index (χ2v) is 8.28. The Kier molecular flexibility index (Phi) is 7.06. The maximum atomic E-state index is 12.6. The van der Waals surface area contributed by atoms with Crippen LogP contribution in [0, 0.1) is 0 Å². The summed E-state index contributed by atoms with van der Waals surface area (Å²) in [4.78, 5) is 29.1. The van der Waals surface area contributed by atoms with Gasteiger partial charge in [-0.3, -0.25) is 19.4 Å². The molecule has 0 spiro atoms. The molecule has 2 heterocycles. The molecule has 0 aliphatic carbocycles. The Labute approximate surface area is 187 Å². The zero-order valence-electron chi connectivity index (χ0n) is 17.4. The first-order chi connectivity index (χ1) is 15.1. The molecule has 0 saturated carbocycles. The molecule has 1 saturated heterocycles. The lowest BCUT2D eigenvalue weighted by Gasteiger charge is -2.34. The Hall–Kier alpha value is -2.61. The third-order valence-electron chi connectivity index (χ3n) is 5.64. The third kappa shape index (κ3) is 5.76. The number of anilines is 1. The van der Waals surface area contributed by atoms with Gasteiger partial charge >= 0.3 is 0 Å². The van der Waals surface area contributed by atoms with Crippen LogP contribution in [-0.2, 0) is 9.59 Å². The van der Waals surface area contributed by atoms with E-state index in [2.05, 4.69) is 20.4 Å². The van der Waals surface area contributed by atoms with Crippen LogP contribution in [0.15, 0.2) is 48.5 Å². The average Bonchev–Trinajstić information content (AvgIpc) is 2.77. The summed E-state index contributed by atoms with van der Waals surface area (Å²) in [5.41, 5.74) is 1.66. The van der Waals surface area contributed by atoms with Gasteiger partial charge in [-0.15, -0.1) is 0 Å². The SMILES string of the molecule is O=C(CN1CCN(CC(=O)NC2CCOc3ccccc32)CC1)Nc1ccccc1Cl. The van der Waals surface area contributed by atoms with E-state index >= 15 is 0 Å². The number of para-hydroxylation sites is 2. The van der Waals surface area contributed by atoms with Gasteiger partial charge in [0.25, 0.3) is 0 Å². The van der Waals surface area contributed by atoms with Gasteiger partial charge in [-0.25, -0.2) is 0 Å². The Morgan fingerprint density at radius 3 is 2.32 bits per heavy atom. The molecule has 4 rings (SSSR count). The van der Waals surface area contributed by atoms with Gasteiger partial charge in [-0.1, -0.05) is 41.9 Å². The van der Waals surface area contributed by atoms with Crippen LogP contribution < -0.4 is 15.4 Å². The number of benzene rings is 2. The minimum absolute atomic E-state index is 0.00718. The van der Waals surface area contributed by atoms with E-state index in [-0.39, 0.29) is 17.9 Å². The smallest absolute Gasteiger partial charge is 0.238 e. The van der Waals surface area contributed by atoms with Crippen LogP contribution in [0.4, 0.5) is 5.69 Å². The largest absolute Gasteiger partial charge is 0.493 e. The van der Waals surface area contributed by atoms with Crippen molar-refractivity contribution in [2.75, 3.05) is 51.2 Å².